The average molecular weight is 493 g/mol. The van der Waals surface area contributed by atoms with Crippen molar-refractivity contribution in [2.75, 3.05) is 13.2 Å². The highest BCUT2D eigenvalue weighted by atomic mass is 32.2. The Morgan fingerprint density at radius 1 is 1.06 bits per heavy atom. The largest absolute Gasteiger partial charge is 0.376 e. The first-order valence-electron chi connectivity index (χ1n) is 12.7. The lowest BCUT2D eigenvalue weighted by molar-refractivity contribution is -0.121. The number of carbonyl (C=O) groups excluding carboxylic acids is 1. The summed E-state index contributed by atoms with van der Waals surface area (Å²) in [4.78, 5) is 12.2. The molecular weight excluding hydrogens is 456 g/mol. The van der Waals surface area contributed by atoms with E-state index in [-0.39, 0.29) is 12.0 Å². The van der Waals surface area contributed by atoms with Crippen LogP contribution in [0.25, 0.3) is 0 Å². The van der Waals surface area contributed by atoms with Crippen molar-refractivity contribution in [1.29, 1.82) is 0 Å². The molecular formula is C28H36N4O2S. The summed E-state index contributed by atoms with van der Waals surface area (Å²) in [6.07, 6.45) is 6.40. The molecule has 4 rings (SSSR count). The molecule has 186 valence electrons. The summed E-state index contributed by atoms with van der Waals surface area (Å²) < 4.78 is 7.84. The first-order chi connectivity index (χ1) is 17.2. The second-order valence-electron chi connectivity index (χ2n) is 9.21. The molecule has 3 aromatic rings. The van der Waals surface area contributed by atoms with Crippen LogP contribution < -0.4 is 5.32 Å². The van der Waals surface area contributed by atoms with Gasteiger partial charge in [0.2, 0.25) is 5.91 Å². The average Bonchev–Trinajstić information content (AvgIpc) is 3.54. The predicted octanol–water partition coefficient (Wildman–Crippen LogP) is 5.13. The number of rotatable bonds is 13. The van der Waals surface area contributed by atoms with E-state index in [1.165, 1.54) is 16.7 Å². The van der Waals surface area contributed by atoms with Gasteiger partial charge in [-0.3, -0.25) is 4.79 Å². The summed E-state index contributed by atoms with van der Waals surface area (Å²) in [6.45, 7) is 4.41. The van der Waals surface area contributed by atoms with Gasteiger partial charge in [-0.1, -0.05) is 71.9 Å². The van der Waals surface area contributed by atoms with Crippen LogP contribution in [-0.2, 0) is 34.7 Å². The van der Waals surface area contributed by atoms with Crippen LogP contribution in [0.4, 0.5) is 0 Å². The molecule has 1 atom stereocenters. The molecule has 0 radical (unpaired) electrons. The molecule has 35 heavy (non-hydrogen) atoms. The highest BCUT2D eigenvalue weighted by Crippen LogP contribution is 2.23. The van der Waals surface area contributed by atoms with Gasteiger partial charge in [-0.2, -0.15) is 0 Å². The number of hydrogen-bond donors (Lipinski definition) is 1. The lowest BCUT2D eigenvalue weighted by Crippen LogP contribution is -2.31. The van der Waals surface area contributed by atoms with Crippen LogP contribution in [-0.4, -0.2) is 39.9 Å². The zero-order valence-electron chi connectivity index (χ0n) is 20.6. The normalized spacial score (nSPS) is 15.4. The van der Waals surface area contributed by atoms with Crippen molar-refractivity contribution in [3.8, 4) is 0 Å². The van der Waals surface area contributed by atoms with Gasteiger partial charge in [0.25, 0.3) is 0 Å². The van der Waals surface area contributed by atoms with Gasteiger partial charge in [0.1, 0.15) is 5.82 Å². The van der Waals surface area contributed by atoms with Crippen molar-refractivity contribution in [3.05, 3.63) is 77.1 Å². The Morgan fingerprint density at radius 2 is 1.89 bits per heavy atom. The lowest BCUT2D eigenvalue weighted by Gasteiger charge is -2.11. The van der Waals surface area contributed by atoms with Crippen molar-refractivity contribution < 1.29 is 9.53 Å². The summed E-state index contributed by atoms with van der Waals surface area (Å²) in [5.74, 6) is 1.99. The summed E-state index contributed by atoms with van der Waals surface area (Å²) in [5.41, 5.74) is 3.87. The Morgan fingerprint density at radius 3 is 2.66 bits per heavy atom. The summed E-state index contributed by atoms with van der Waals surface area (Å²) in [6, 6.07) is 19.2. The third-order valence-corrected chi connectivity index (χ3v) is 7.39. The Labute approximate surface area is 212 Å². The zero-order chi connectivity index (χ0) is 24.3. The Kier molecular flexibility index (Phi) is 9.78. The molecule has 6 nitrogen and oxygen atoms in total. The molecule has 1 aliphatic rings. The quantitative estimate of drug-likeness (QED) is 0.265. The molecule has 0 bridgehead atoms. The van der Waals surface area contributed by atoms with Crippen LogP contribution in [0.2, 0.25) is 0 Å². The molecule has 1 saturated heterocycles. The van der Waals surface area contributed by atoms with Gasteiger partial charge in [-0.25, -0.2) is 0 Å². The summed E-state index contributed by atoms with van der Waals surface area (Å²) in [5, 5.41) is 13.0. The number of nitrogens with zero attached hydrogens (tertiary/aromatic N) is 3. The van der Waals surface area contributed by atoms with Gasteiger partial charge < -0.3 is 14.6 Å². The van der Waals surface area contributed by atoms with Gasteiger partial charge in [0.15, 0.2) is 5.16 Å². The van der Waals surface area contributed by atoms with E-state index in [1.54, 1.807) is 11.8 Å². The van der Waals surface area contributed by atoms with Gasteiger partial charge in [-0.15, -0.1) is 10.2 Å². The minimum atomic E-state index is 0.111. The van der Waals surface area contributed by atoms with Crippen molar-refractivity contribution in [2.45, 2.75) is 75.4 Å². The molecule has 2 heterocycles. The van der Waals surface area contributed by atoms with Gasteiger partial charge in [-0.05, 0) is 50.2 Å². The van der Waals surface area contributed by atoms with E-state index in [2.05, 4.69) is 75.5 Å². The fourth-order valence-corrected chi connectivity index (χ4v) is 5.18. The Hall–Kier alpha value is -2.64. The third-order valence-electron chi connectivity index (χ3n) is 6.35. The van der Waals surface area contributed by atoms with E-state index in [0.717, 1.165) is 68.4 Å². The standard InChI is InChI=1S/C28H36N4O2S/c1-22-13-15-24(16-14-22)21-35-28-31-30-26(32(28)18-17-23-8-3-2-4-9-23)11-5-6-12-27(33)29-20-25-10-7-19-34-25/h2-4,8-9,13-16,25H,5-7,10-12,17-21H2,1H3,(H,29,33). The number of aromatic nitrogens is 3. The lowest BCUT2D eigenvalue weighted by atomic mass is 10.1. The molecule has 1 aromatic heterocycles. The van der Waals surface area contributed by atoms with Gasteiger partial charge >= 0.3 is 0 Å². The third kappa shape index (κ3) is 8.22. The van der Waals surface area contributed by atoms with Crippen LogP contribution in [0.1, 0.15) is 54.6 Å². The van der Waals surface area contributed by atoms with Crippen molar-refractivity contribution in [1.82, 2.24) is 20.1 Å². The number of aryl methyl sites for hydroxylation is 3. The molecule has 0 aliphatic carbocycles. The number of nitrogens with one attached hydrogen (secondary N) is 1. The number of amides is 1. The number of ether oxygens (including phenoxy) is 1. The molecule has 7 heteroatoms. The molecule has 1 N–H and O–H groups in total. The first-order valence-corrected chi connectivity index (χ1v) is 13.7. The van der Waals surface area contributed by atoms with Crippen LogP contribution >= 0.6 is 11.8 Å². The first kappa shape index (κ1) is 25.5. The van der Waals surface area contributed by atoms with E-state index in [4.69, 9.17) is 4.74 Å². The van der Waals surface area contributed by atoms with Crippen LogP contribution in [0, 0.1) is 6.92 Å². The fraction of sp³-hybridized carbons (Fsp3) is 0.464. The maximum absolute atomic E-state index is 12.2. The fourth-order valence-electron chi connectivity index (χ4n) is 4.24. The summed E-state index contributed by atoms with van der Waals surface area (Å²) >= 11 is 1.74. The maximum Gasteiger partial charge on any atom is 0.220 e. The number of carbonyl (C=O) groups is 1. The highest BCUT2D eigenvalue weighted by Gasteiger charge is 2.16. The zero-order valence-corrected chi connectivity index (χ0v) is 21.4. The van der Waals surface area contributed by atoms with Crippen molar-refractivity contribution in [2.24, 2.45) is 0 Å². The van der Waals surface area contributed by atoms with Gasteiger partial charge in [0.05, 0.1) is 6.10 Å². The van der Waals surface area contributed by atoms with E-state index < -0.39 is 0 Å². The SMILES string of the molecule is Cc1ccc(CSc2nnc(CCCCC(=O)NCC3CCCO3)n2CCc2ccccc2)cc1. The molecule has 1 amide bonds. The topological polar surface area (TPSA) is 69.0 Å². The Balaban J connectivity index is 1.30. The van der Waals surface area contributed by atoms with Crippen molar-refractivity contribution >= 4 is 17.7 Å². The number of thioether (sulfide) groups is 1. The second kappa shape index (κ2) is 13.4. The molecule has 2 aromatic carbocycles. The van der Waals surface area contributed by atoms with E-state index in [9.17, 15) is 4.79 Å². The molecule has 1 unspecified atom stereocenters. The molecule has 0 saturated carbocycles. The summed E-state index contributed by atoms with van der Waals surface area (Å²) in [7, 11) is 0. The maximum atomic E-state index is 12.2. The van der Waals surface area contributed by atoms with Crippen LogP contribution in [0.5, 0.6) is 0 Å². The van der Waals surface area contributed by atoms with Gasteiger partial charge in [0, 0.05) is 38.3 Å². The number of unbranched alkanes of at least 4 members (excludes halogenated alkanes) is 1. The van der Waals surface area contributed by atoms with E-state index >= 15 is 0 Å². The van der Waals surface area contributed by atoms with E-state index in [1.807, 2.05) is 6.07 Å². The van der Waals surface area contributed by atoms with Crippen molar-refractivity contribution in [3.63, 3.8) is 0 Å². The monoisotopic (exact) mass is 492 g/mol. The second-order valence-corrected chi connectivity index (χ2v) is 10.1. The van der Waals surface area contributed by atoms with Crippen LogP contribution in [0.15, 0.2) is 59.8 Å². The number of benzene rings is 2. The molecule has 1 fully saturated rings. The van der Waals surface area contributed by atoms with E-state index in [0.29, 0.717) is 13.0 Å². The predicted molar refractivity (Wildman–Crippen MR) is 140 cm³/mol. The smallest absolute Gasteiger partial charge is 0.220 e. The minimum absolute atomic E-state index is 0.111. The highest BCUT2D eigenvalue weighted by molar-refractivity contribution is 7.98. The Bertz CT molecular complexity index is 1050. The molecule has 0 spiro atoms. The minimum Gasteiger partial charge on any atom is -0.376 e. The number of hydrogen-bond acceptors (Lipinski definition) is 5. The molecule has 1 aliphatic heterocycles. The van der Waals surface area contributed by atoms with Crippen LogP contribution in [0.3, 0.4) is 0 Å².